The van der Waals surface area contributed by atoms with Gasteiger partial charge in [0.1, 0.15) is 23.3 Å². The molecule has 1 unspecified atom stereocenters. The number of amides is 2. The highest BCUT2D eigenvalue weighted by molar-refractivity contribution is 5.97. The van der Waals surface area contributed by atoms with Gasteiger partial charge in [-0.2, -0.15) is 13.2 Å². The lowest BCUT2D eigenvalue weighted by Crippen LogP contribution is -2.48. The van der Waals surface area contributed by atoms with Crippen LogP contribution >= 0.6 is 0 Å². The number of carbonyl (C=O) groups is 2. The van der Waals surface area contributed by atoms with Gasteiger partial charge in [0.05, 0.1) is 18.3 Å². The molecule has 1 saturated carbocycles. The van der Waals surface area contributed by atoms with E-state index in [0.29, 0.717) is 5.75 Å². The van der Waals surface area contributed by atoms with Gasteiger partial charge in [-0.05, 0) is 79.1 Å². The largest absolute Gasteiger partial charge is 0.490 e. The number of hydrogen-bond donors (Lipinski definition) is 3. The molecule has 1 aliphatic carbocycles. The molecule has 4 rings (SSSR count). The summed E-state index contributed by atoms with van der Waals surface area (Å²) in [5, 5.41) is 14.4. The van der Waals surface area contributed by atoms with E-state index < -0.39 is 29.6 Å². The molecule has 1 aliphatic rings. The van der Waals surface area contributed by atoms with Crippen LogP contribution in [-0.2, 0) is 17.4 Å². The third kappa shape index (κ3) is 7.72. The van der Waals surface area contributed by atoms with Crippen LogP contribution < -0.4 is 20.1 Å². The molecule has 0 radical (unpaired) electrons. The van der Waals surface area contributed by atoms with Crippen molar-refractivity contribution >= 4 is 11.8 Å². The van der Waals surface area contributed by atoms with Gasteiger partial charge in [0.2, 0.25) is 5.91 Å². The second-order valence-electron chi connectivity index (χ2n) is 8.85. The van der Waals surface area contributed by atoms with E-state index in [1.165, 1.54) is 36.4 Å². The summed E-state index contributed by atoms with van der Waals surface area (Å²) >= 11 is 0. The first-order valence-electron chi connectivity index (χ1n) is 12.1. The number of carbonyl (C=O) groups excluding carboxylic acids is 2. The molecule has 3 aromatic rings. The molecule has 38 heavy (non-hydrogen) atoms. The minimum atomic E-state index is -4.44. The van der Waals surface area contributed by atoms with E-state index in [9.17, 15) is 22.8 Å². The van der Waals surface area contributed by atoms with Crippen LogP contribution in [0.3, 0.4) is 0 Å². The van der Waals surface area contributed by atoms with Crippen LogP contribution in [0.25, 0.3) is 0 Å². The van der Waals surface area contributed by atoms with Gasteiger partial charge >= 0.3 is 6.18 Å². The van der Waals surface area contributed by atoms with Crippen LogP contribution in [0.15, 0.2) is 72.8 Å². The summed E-state index contributed by atoms with van der Waals surface area (Å²) in [6.45, 7) is -0.185. The van der Waals surface area contributed by atoms with Crippen molar-refractivity contribution in [1.29, 1.82) is 0 Å². The number of hydrogen-bond acceptors (Lipinski definition) is 5. The zero-order valence-electron chi connectivity index (χ0n) is 20.3. The van der Waals surface area contributed by atoms with Gasteiger partial charge in [0.25, 0.3) is 5.91 Å². The summed E-state index contributed by atoms with van der Waals surface area (Å²) in [6.07, 6.45) is -1.86. The van der Waals surface area contributed by atoms with Crippen molar-refractivity contribution in [2.45, 2.75) is 37.6 Å². The van der Waals surface area contributed by atoms with E-state index in [0.717, 1.165) is 36.3 Å². The maximum Gasteiger partial charge on any atom is 0.416 e. The topological polar surface area (TPSA) is 96.9 Å². The van der Waals surface area contributed by atoms with Crippen molar-refractivity contribution in [2.75, 3.05) is 13.2 Å². The van der Waals surface area contributed by atoms with Gasteiger partial charge in [-0.25, -0.2) is 0 Å². The first-order valence-corrected chi connectivity index (χ1v) is 12.1. The average Bonchev–Trinajstić information content (AvgIpc) is 3.72. The minimum absolute atomic E-state index is 0.0509. The standard InChI is InChI=1S/C28H27F3N2O5/c29-28(30,31)20-5-11-23(12-6-20)38-22-9-3-19(4-10-22)26(35)33-25(27(36)32-15-16-34)17-18-1-7-21(8-2-18)37-24-13-14-24/h1-12,24-25,34H,13-17H2,(H,32,36)(H,33,35). The Labute approximate surface area is 217 Å². The Morgan fingerprint density at radius 3 is 2.03 bits per heavy atom. The second kappa shape index (κ2) is 12.0. The number of ether oxygens (including phenoxy) is 2. The molecule has 2 amide bonds. The van der Waals surface area contributed by atoms with E-state index in [1.54, 1.807) is 0 Å². The van der Waals surface area contributed by atoms with E-state index in [2.05, 4.69) is 10.6 Å². The number of aliphatic hydroxyl groups excluding tert-OH is 1. The van der Waals surface area contributed by atoms with Crippen molar-refractivity contribution in [3.63, 3.8) is 0 Å². The Morgan fingerprint density at radius 2 is 1.47 bits per heavy atom. The lowest BCUT2D eigenvalue weighted by molar-refractivity contribution is -0.137. The molecule has 7 nitrogen and oxygen atoms in total. The van der Waals surface area contributed by atoms with Crippen molar-refractivity contribution in [3.8, 4) is 17.2 Å². The summed E-state index contributed by atoms with van der Waals surface area (Å²) in [5.74, 6) is 0.355. The molecule has 3 aromatic carbocycles. The highest BCUT2D eigenvalue weighted by Crippen LogP contribution is 2.31. The van der Waals surface area contributed by atoms with E-state index in [-0.39, 0.29) is 37.0 Å². The summed E-state index contributed by atoms with van der Waals surface area (Å²) in [4.78, 5) is 25.6. The van der Waals surface area contributed by atoms with Crippen LogP contribution in [-0.4, -0.2) is 42.2 Å². The van der Waals surface area contributed by atoms with E-state index in [4.69, 9.17) is 14.6 Å². The Hall–Kier alpha value is -4.05. The average molecular weight is 529 g/mol. The molecule has 0 aliphatic heterocycles. The molecule has 10 heteroatoms. The molecule has 0 heterocycles. The molecule has 3 N–H and O–H groups in total. The van der Waals surface area contributed by atoms with Gasteiger partial charge in [0.15, 0.2) is 0 Å². The van der Waals surface area contributed by atoms with Crippen LogP contribution in [0.4, 0.5) is 13.2 Å². The van der Waals surface area contributed by atoms with Crippen molar-refractivity contribution < 1.29 is 37.3 Å². The van der Waals surface area contributed by atoms with Crippen LogP contribution in [0, 0.1) is 0 Å². The summed E-state index contributed by atoms with van der Waals surface area (Å²) in [7, 11) is 0. The van der Waals surface area contributed by atoms with Crippen LogP contribution in [0.5, 0.6) is 17.2 Å². The maximum atomic E-state index is 12.9. The molecule has 0 saturated heterocycles. The summed E-state index contributed by atoms with van der Waals surface area (Å²) in [6, 6.07) is 16.7. The number of halogens is 3. The van der Waals surface area contributed by atoms with Gasteiger partial charge < -0.3 is 25.2 Å². The van der Waals surface area contributed by atoms with E-state index >= 15 is 0 Å². The third-order valence-corrected chi connectivity index (χ3v) is 5.76. The molecule has 0 bridgehead atoms. The maximum absolute atomic E-state index is 12.9. The SMILES string of the molecule is O=C(NC(Cc1ccc(OC2CC2)cc1)C(=O)NCCO)c1ccc(Oc2ccc(C(F)(F)F)cc2)cc1. The van der Waals surface area contributed by atoms with Crippen LogP contribution in [0.1, 0.15) is 34.3 Å². The van der Waals surface area contributed by atoms with Gasteiger partial charge in [-0.1, -0.05) is 12.1 Å². The number of benzene rings is 3. The monoisotopic (exact) mass is 528 g/mol. The normalized spacial score (nSPS) is 13.9. The van der Waals surface area contributed by atoms with E-state index in [1.807, 2.05) is 24.3 Å². The molecule has 1 fully saturated rings. The third-order valence-electron chi connectivity index (χ3n) is 5.76. The Morgan fingerprint density at radius 1 is 0.895 bits per heavy atom. The second-order valence-corrected chi connectivity index (χ2v) is 8.85. The van der Waals surface area contributed by atoms with Crippen molar-refractivity contribution in [2.24, 2.45) is 0 Å². The lowest BCUT2D eigenvalue weighted by Gasteiger charge is -2.19. The minimum Gasteiger partial charge on any atom is -0.490 e. The number of alkyl halides is 3. The first-order chi connectivity index (χ1) is 18.2. The molecule has 1 atom stereocenters. The predicted molar refractivity (Wildman–Crippen MR) is 133 cm³/mol. The van der Waals surface area contributed by atoms with Gasteiger partial charge in [0, 0.05) is 18.5 Å². The fourth-order valence-electron chi connectivity index (χ4n) is 3.59. The van der Waals surface area contributed by atoms with Crippen molar-refractivity contribution in [1.82, 2.24) is 10.6 Å². The lowest BCUT2D eigenvalue weighted by atomic mass is 10.0. The Balaban J connectivity index is 1.39. The smallest absolute Gasteiger partial charge is 0.416 e. The first kappa shape index (κ1) is 27.0. The Kier molecular flexibility index (Phi) is 8.52. The van der Waals surface area contributed by atoms with Crippen LogP contribution in [0.2, 0.25) is 0 Å². The molecular formula is C28H27F3N2O5. The molecule has 200 valence electrons. The molecular weight excluding hydrogens is 501 g/mol. The molecule has 0 aromatic heterocycles. The van der Waals surface area contributed by atoms with Gasteiger partial charge in [-0.15, -0.1) is 0 Å². The Bertz CT molecular complexity index is 1230. The number of nitrogens with one attached hydrogen (secondary N) is 2. The summed E-state index contributed by atoms with van der Waals surface area (Å²) in [5.41, 5.74) is 0.299. The summed E-state index contributed by atoms with van der Waals surface area (Å²) < 4.78 is 49.5. The highest BCUT2D eigenvalue weighted by atomic mass is 19.4. The number of rotatable bonds is 11. The zero-order valence-corrected chi connectivity index (χ0v) is 20.3. The molecule has 0 spiro atoms. The van der Waals surface area contributed by atoms with Gasteiger partial charge in [-0.3, -0.25) is 9.59 Å². The number of aliphatic hydroxyl groups is 1. The fraction of sp³-hybridized carbons (Fsp3) is 0.286. The fourth-order valence-corrected chi connectivity index (χ4v) is 3.59. The zero-order chi connectivity index (χ0) is 27.1. The highest BCUT2D eigenvalue weighted by Gasteiger charge is 2.30. The quantitative estimate of drug-likeness (QED) is 0.341. The van der Waals surface area contributed by atoms with Crippen molar-refractivity contribution in [3.05, 3.63) is 89.5 Å². The predicted octanol–water partition coefficient (Wildman–Crippen LogP) is 4.49.